The molecule has 0 amide bonds. The van der Waals surface area contributed by atoms with E-state index in [1.54, 1.807) is 13.0 Å². The van der Waals surface area contributed by atoms with Gasteiger partial charge in [-0.2, -0.15) is 0 Å². The summed E-state index contributed by atoms with van der Waals surface area (Å²) in [6.07, 6.45) is 0. The lowest BCUT2D eigenvalue weighted by molar-refractivity contribution is -0.384. The van der Waals surface area contributed by atoms with Crippen molar-refractivity contribution in [3.63, 3.8) is 0 Å². The van der Waals surface area contributed by atoms with Crippen molar-refractivity contribution in [3.05, 3.63) is 69.4 Å². The third-order valence-electron chi connectivity index (χ3n) is 3.87. The van der Waals surface area contributed by atoms with Crippen molar-refractivity contribution in [2.45, 2.75) is 13.8 Å². The fourth-order valence-electron chi connectivity index (χ4n) is 2.65. The highest BCUT2D eigenvalue weighted by molar-refractivity contribution is 6.04. The van der Waals surface area contributed by atoms with Gasteiger partial charge in [0, 0.05) is 17.1 Å². The number of esters is 1. The Kier molecular flexibility index (Phi) is 4.53. The molecule has 3 rings (SSSR count). The second kappa shape index (κ2) is 6.79. The van der Waals surface area contributed by atoms with Gasteiger partial charge in [0.05, 0.1) is 29.2 Å². The average Bonchev–Trinajstić information content (AvgIpc) is 2.61. The number of benzene rings is 2. The van der Waals surface area contributed by atoms with E-state index >= 15 is 0 Å². The molecule has 2 aromatic carbocycles. The van der Waals surface area contributed by atoms with Gasteiger partial charge in [0.15, 0.2) is 11.5 Å². The average molecular weight is 352 g/mol. The Morgan fingerprint density at radius 1 is 1.08 bits per heavy atom. The standard InChI is InChI=1S/C19H16N2O5/c1-11-4-6-16-14(8-11)15(9-12(2)20-16)19(22)26-18-10-13(21(23)24)5-7-17(18)25-3/h4-10H,1-3H3. The molecule has 26 heavy (non-hydrogen) atoms. The van der Waals surface area contributed by atoms with Crippen LogP contribution in [-0.2, 0) is 0 Å². The summed E-state index contributed by atoms with van der Waals surface area (Å²) in [6, 6.07) is 11.1. The van der Waals surface area contributed by atoms with Crippen LogP contribution < -0.4 is 9.47 Å². The number of carbonyl (C=O) groups is 1. The number of aromatic nitrogens is 1. The zero-order valence-electron chi connectivity index (χ0n) is 14.5. The summed E-state index contributed by atoms with van der Waals surface area (Å²) in [4.78, 5) is 27.6. The van der Waals surface area contributed by atoms with Crippen molar-refractivity contribution >= 4 is 22.6 Å². The lowest BCUT2D eigenvalue weighted by Crippen LogP contribution is -2.11. The van der Waals surface area contributed by atoms with Gasteiger partial charge in [-0.25, -0.2) is 4.79 Å². The zero-order valence-corrected chi connectivity index (χ0v) is 14.5. The number of non-ortho nitro benzene ring substituents is 1. The van der Waals surface area contributed by atoms with Crippen molar-refractivity contribution in [3.8, 4) is 11.5 Å². The summed E-state index contributed by atoms with van der Waals surface area (Å²) in [6.45, 7) is 3.70. The molecule has 1 heterocycles. The van der Waals surface area contributed by atoms with Crippen LogP contribution in [0.25, 0.3) is 10.9 Å². The van der Waals surface area contributed by atoms with Gasteiger partial charge in [0.25, 0.3) is 5.69 Å². The SMILES string of the molecule is COc1ccc([N+](=O)[O-])cc1OC(=O)c1cc(C)nc2ccc(C)cc12. The third-order valence-corrected chi connectivity index (χ3v) is 3.87. The van der Waals surface area contributed by atoms with Crippen LogP contribution in [0.2, 0.25) is 0 Å². The maximum absolute atomic E-state index is 12.8. The molecule has 0 unspecified atom stereocenters. The van der Waals surface area contributed by atoms with Crippen molar-refractivity contribution in [2.24, 2.45) is 0 Å². The van der Waals surface area contributed by atoms with E-state index in [1.807, 2.05) is 25.1 Å². The van der Waals surface area contributed by atoms with Crippen LogP contribution in [0.3, 0.4) is 0 Å². The highest BCUT2D eigenvalue weighted by Crippen LogP contribution is 2.32. The first-order chi connectivity index (χ1) is 12.4. The third kappa shape index (κ3) is 3.32. The number of hydrogen-bond acceptors (Lipinski definition) is 6. The predicted octanol–water partition coefficient (Wildman–Crippen LogP) is 3.99. The molecule has 1 aromatic heterocycles. The van der Waals surface area contributed by atoms with Gasteiger partial charge in [-0.15, -0.1) is 0 Å². The van der Waals surface area contributed by atoms with Crippen molar-refractivity contribution in [1.29, 1.82) is 0 Å². The summed E-state index contributed by atoms with van der Waals surface area (Å²) in [5, 5.41) is 11.6. The topological polar surface area (TPSA) is 91.6 Å². The van der Waals surface area contributed by atoms with Crippen LogP contribution in [0.4, 0.5) is 5.69 Å². The van der Waals surface area contributed by atoms with Crippen molar-refractivity contribution in [2.75, 3.05) is 7.11 Å². The molecule has 0 N–H and O–H groups in total. The minimum absolute atomic E-state index is 0.0121. The summed E-state index contributed by atoms with van der Waals surface area (Å²) < 4.78 is 10.6. The van der Waals surface area contributed by atoms with Gasteiger partial charge < -0.3 is 9.47 Å². The number of nitro benzene ring substituents is 1. The Hall–Kier alpha value is -3.48. The lowest BCUT2D eigenvalue weighted by atomic mass is 10.1. The fourth-order valence-corrected chi connectivity index (χ4v) is 2.65. The van der Waals surface area contributed by atoms with Gasteiger partial charge in [0.2, 0.25) is 0 Å². The molecule has 0 radical (unpaired) electrons. The number of nitro groups is 1. The van der Waals surface area contributed by atoms with Crippen LogP contribution in [0.1, 0.15) is 21.6 Å². The molecular weight excluding hydrogens is 336 g/mol. The molecule has 7 nitrogen and oxygen atoms in total. The number of rotatable bonds is 4. The van der Waals surface area contributed by atoms with Gasteiger partial charge in [-0.05, 0) is 38.1 Å². The predicted molar refractivity (Wildman–Crippen MR) is 95.8 cm³/mol. The maximum Gasteiger partial charge on any atom is 0.344 e. The first-order valence-corrected chi connectivity index (χ1v) is 7.81. The summed E-state index contributed by atoms with van der Waals surface area (Å²) in [5.41, 5.74) is 2.46. The quantitative estimate of drug-likeness (QED) is 0.305. The first-order valence-electron chi connectivity index (χ1n) is 7.81. The highest BCUT2D eigenvalue weighted by atomic mass is 16.6. The van der Waals surface area contributed by atoms with Gasteiger partial charge in [-0.3, -0.25) is 15.1 Å². The van der Waals surface area contributed by atoms with E-state index in [9.17, 15) is 14.9 Å². The molecule has 0 aliphatic carbocycles. The molecule has 0 atom stereocenters. The molecule has 0 aliphatic rings. The minimum atomic E-state index is -0.634. The zero-order chi connectivity index (χ0) is 18.8. The number of hydrogen-bond donors (Lipinski definition) is 0. The molecule has 132 valence electrons. The number of nitrogens with zero attached hydrogens (tertiary/aromatic N) is 2. The molecule has 0 fully saturated rings. The second-order valence-corrected chi connectivity index (χ2v) is 5.81. The summed E-state index contributed by atoms with van der Waals surface area (Å²) in [7, 11) is 1.40. The Morgan fingerprint density at radius 3 is 2.54 bits per heavy atom. The van der Waals surface area contributed by atoms with E-state index < -0.39 is 10.9 Å². The van der Waals surface area contributed by atoms with Crippen LogP contribution in [0.5, 0.6) is 11.5 Å². The van der Waals surface area contributed by atoms with E-state index in [4.69, 9.17) is 9.47 Å². The molecular formula is C19H16N2O5. The Labute approximate surface area is 149 Å². The van der Waals surface area contributed by atoms with Gasteiger partial charge in [0.1, 0.15) is 0 Å². The molecule has 0 spiro atoms. The first kappa shape index (κ1) is 17.3. The number of fused-ring (bicyclic) bond motifs is 1. The van der Waals surface area contributed by atoms with Crippen molar-refractivity contribution < 1.29 is 19.2 Å². The van der Waals surface area contributed by atoms with E-state index in [0.717, 1.165) is 11.6 Å². The smallest absolute Gasteiger partial charge is 0.344 e. The number of methoxy groups -OCH3 is 1. The molecule has 3 aromatic rings. The number of pyridine rings is 1. The molecule has 0 aliphatic heterocycles. The Balaban J connectivity index is 2.06. The largest absolute Gasteiger partial charge is 0.493 e. The Bertz CT molecular complexity index is 1030. The number of aryl methyl sites for hydroxylation is 2. The molecule has 0 bridgehead atoms. The normalized spacial score (nSPS) is 10.6. The molecule has 0 saturated heterocycles. The second-order valence-electron chi connectivity index (χ2n) is 5.81. The monoisotopic (exact) mass is 352 g/mol. The minimum Gasteiger partial charge on any atom is -0.493 e. The van der Waals surface area contributed by atoms with Crippen molar-refractivity contribution in [1.82, 2.24) is 4.98 Å². The Morgan fingerprint density at radius 2 is 1.85 bits per heavy atom. The number of carbonyl (C=O) groups excluding carboxylic acids is 1. The summed E-state index contributed by atoms with van der Waals surface area (Å²) >= 11 is 0. The van der Waals surface area contributed by atoms with Crippen LogP contribution in [-0.4, -0.2) is 23.0 Å². The van der Waals surface area contributed by atoms with Gasteiger partial charge in [-0.1, -0.05) is 11.6 Å². The van der Waals surface area contributed by atoms with Crippen LogP contribution in [0.15, 0.2) is 42.5 Å². The molecule has 0 saturated carbocycles. The van der Waals surface area contributed by atoms with Crippen LogP contribution >= 0.6 is 0 Å². The van der Waals surface area contributed by atoms with E-state index in [2.05, 4.69) is 4.98 Å². The summed E-state index contributed by atoms with van der Waals surface area (Å²) in [5.74, 6) is -0.415. The lowest BCUT2D eigenvalue weighted by Gasteiger charge is -2.11. The highest BCUT2D eigenvalue weighted by Gasteiger charge is 2.19. The fraction of sp³-hybridized carbons (Fsp3) is 0.158. The van der Waals surface area contributed by atoms with E-state index in [1.165, 1.54) is 19.2 Å². The maximum atomic E-state index is 12.8. The van der Waals surface area contributed by atoms with E-state index in [0.29, 0.717) is 22.2 Å². The van der Waals surface area contributed by atoms with Crippen LogP contribution in [0, 0.1) is 24.0 Å². The van der Waals surface area contributed by atoms with Gasteiger partial charge >= 0.3 is 5.97 Å². The van der Waals surface area contributed by atoms with E-state index in [-0.39, 0.29) is 17.2 Å². The molecule has 7 heteroatoms. The number of ether oxygens (including phenoxy) is 2.